The summed E-state index contributed by atoms with van der Waals surface area (Å²) < 4.78 is 5.20. The van der Waals surface area contributed by atoms with Crippen LogP contribution in [0.1, 0.15) is 17.3 Å². The Morgan fingerprint density at radius 1 is 1.12 bits per heavy atom. The number of amides is 1. The summed E-state index contributed by atoms with van der Waals surface area (Å²) >= 11 is 0. The van der Waals surface area contributed by atoms with Crippen molar-refractivity contribution in [2.45, 2.75) is 6.92 Å². The normalized spacial score (nSPS) is 10.6. The van der Waals surface area contributed by atoms with Crippen LogP contribution in [0.3, 0.4) is 0 Å². The molecular formula is C20H20N2O2. The molecule has 0 fully saturated rings. The summed E-state index contributed by atoms with van der Waals surface area (Å²) in [4.78, 5) is 19.2. The molecule has 0 aliphatic heterocycles. The van der Waals surface area contributed by atoms with Crippen LogP contribution in [0.4, 0.5) is 0 Å². The standard InChI is InChI=1S/C20H20N2O2/c1-4-22(2)20(23)17-13-19(14-9-11-15(24-3)12-10-14)21-18-8-6-5-7-16(17)18/h5-13H,4H2,1-3H3. The zero-order chi connectivity index (χ0) is 17.1. The van der Waals surface area contributed by atoms with Crippen LogP contribution in [0, 0.1) is 0 Å². The van der Waals surface area contributed by atoms with Crippen LogP contribution in [0.15, 0.2) is 54.6 Å². The lowest BCUT2D eigenvalue weighted by Gasteiger charge is -2.17. The smallest absolute Gasteiger partial charge is 0.254 e. The third-order valence-corrected chi connectivity index (χ3v) is 4.15. The minimum Gasteiger partial charge on any atom is -0.497 e. The van der Waals surface area contributed by atoms with Gasteiger partial charge in [-0.25, -0.2) is 4.98 Å². The molecule has 122 valence electrons. The molecular weight excluding hydrogens is 300 g/mol. The summed E-state index contributed by atoms with van der Waals surface area (Å²) in [5.41, 5.74) is 3.23. The summed E-state index contributed by atoms with van der Waals surface area (Å²) in [5.74, 6) is 0.799. The number of nitrogens with zero attached hydrogens (tertiary/aromatic N) is 2. The molecule has 0 unspecified atom stereocenters. The van der Waals surface area contributed by atoms with E-state index in [-0.39, 0.29) is 5.91 Å². The van der Waals surface area contributed by atoms with Crippen molar-refractivity contribution < 1.29 is 9.53 Å². The molecule has 0 bridgehead atoms. The fourth-order valence-electron chi connectivity index (χ4n) is 2.61. The molecule has 0 spiro atoms. The summed E-state index contributed by atoms with van der Waals surface area (Å²) in [5, 5.41) is 0.875. The molecule has 4 nitrogen and oxygen atoms in total. The highest BCUT2D eigenvalue weighted by Gasteiger charge is 2.16. The Balaban J connectivity index is 2.17. The third kappa shape index (κ3) is 2.95. The highest BCUT2D eigenvalue weighted by atomic mass is 16.5. The average molecular weight is 320 g/mol. The largest absolute Gasteiger partial charge is 0.497 e. The Morgan fingerprint density at radius 3 is 2.50 bits per heavy atom. The van der Waals surface area contributed by atoms with Gasteiger partial charge in [-0.2, -0.15) is 0 Å². The number of ether oxygens (including phenoxy) is 1. The quantitative estimate of drug-likeness (QED) is 0.729. The predicted octanol–water partition coefficient (Wildman–Crippen LogP) is 4.00. The fourth-order valence-corrected chi connectivity index (χ4v) is 2.61. The van der Waals surface area contributed by atoms with E-state index in [2.05, 4.69) is 0 Å². The zero-order valence-corrected chi connectivity index (χ0v) is 14.1. The SMILES string of the molecule is CCN(C)C(=O)c1cc(-c2ccc(OC)cc2)nc2ccccc12. The van der Waals surface area contributed by atoms with Crippen molar-refractivity contribution in [3.8, 4) is 17.0 Å². The van der Waals surface area contributed by atoms with Gasteiger partial charge >= 0.3 is 0 Å². The summed E-state index contributed by atoms with van der Waals surface area (Å²) in [7, 11) is 3.45. The van der Waals surface area contributed by atoms with E-state index in [0.717, 1.165) is 27.9 Å². The Bertz CT molecular complexity index is 872. The van der Waals surface area contributed by atoms with Gasteiger partial charge in [0, 0.05) is 24.5 Å². The second-order valence-corrected chi connectivity index (χ2v) is 5.62. The average Bonchev–Trinajstić information content (AvgIpc) is 2.66. The first-order valence-electron chi connectivity index (χ1n) is 7.93. The van der Waals surface area contributed by atoms with Gasteiger partial charge in [-0.05, 0) is 43.3 Å². The molecule has 0 radical (unpaired) electrons. The maximum atomic E-state index is 12.8. The van der Waals surface area contributed by atoms with Crippen LogP contribution in [-0.2, 0) is 0 Å². The van der Waals surface area contributed by atoms with Crippen molar-refractivity contribution in [1.82, 2.24) is 9.88 Å². The lowest BCUT2D eigenvalue weighted by Crippen LogP contribution is -2.26. The number of pyridine rings is 1. The van der Waals surface area contributed by atoms with E-state index in [0.29, 0.717) is 12.1 Å². The molecule has 1 heterocycles. The van der Waals surface area contributed by atoms with Crippen LogP contribution in [-0.4, -0.2) is 36.5 Å². The van der Waals surface area contributed by atoms with Crippen LogP contribution in [0.2, 0.25) is 0 Å². The van der Waals surface area contributed by atoms with Crippen molar-refractivity contribution in [2.75, 3.05) is 20.7 Å². The molecule has 3 rings (SSSR count). The first kappa shape index (κ1) is 16.0. The van der Waals surface area contributed by atoms with Gasteiger partial charge in [-0.1, -0.05) is 18.2 Å². The molecule has 0 N–H and O–H groups in total. The van der Waals surface area contributed by atoms with E-state index in [4.69, 9.17) is 9.72 Å². The molecule has 0 aliphatic carbocycles. The molecule has 0 atom stereocenters. The summed E-state index contributed by atoms with van der Waals surface area (Å²) in [6, 6.07) is 17.3. The lowest BCUT2D eigenvalue weighted by molar-refractivity contribution is 0.0804. The monoisotopic (exact) mass is 320 g/mol. The van der Waals surface area contributed by atoms with Crippen LogP contribution in [0.5, 0.6) is 5.75 Å². The molecule has 1 amide bonds. The van der Waals surface area contributed by atoms with Crippen LogP contribution in [0.25, 0.3) is 22.2 Å². The van der Waals surface area contributed by atoms with Crippen molar-refractivity contribution in [3.05, 3.63) is 60.2 Å². The van der Waals surface area contributed by atoms with Crippen molar-refractivity contribution in [1.29, 1.82) is 0 Å². The van der Waals surface area contributed by atoms with Crippen LogP contribution < -0.4 is 4.74 Å². The molecule has 3 aromatic rings. The predicted molar refractivity (Wildman–Crippen MR) is 96.4 cm³/mol. The molecule has 2 aromatic carbocycles. The minimum atomic E-state index is 0.00543. The second kappa shape index (κ2) is 6.71. The number of carbonyl (C=O) groups excluding carboxylic acids is 1. The number of methoxy groups -OCH3 is 1. The van der Waals surface area contributed by atoms with Gasteiger partial charge in [-0.15, -0.1) is 0 Å². The first-order valence-corrected chi connectivity index (χ1v) is 7.93. The maximum absolute atomic E-state index is 12.8. The maximum Gasteiger partial charge on any atom is 0.254 e. The van der Waals surface area contributed by atoms with Gasteiger partial charge in [0.1, 0.15) is 5.75 Å². The van der Waals surface area contributed by atoms with Crippen molar-refractivity contribution in [2.24, 2.45) is 0 Å². The molecule has 1 aromatic heterocycles. The fraction of sp³-hybridized carbons (Fsp3) is 0.200. The van der Waals surface area contributed by atoms with Crippen molar-refractivity contribution >= 4 is 16.8 Å². The zero-order valence-electron chi connectivity index (χ0n) is 14.1. The number of carbonyl (C=O) groups is 1. The number of hydrogen-bond donors (Lipinski definition) is 0. The number of fused-ring (bicyclic) bond motifs is 1. The Kier molecular flexibility index (Phi) is 4.47. The lowest BCUT2D eigenvalue weighted by atomic mass is 10.0. The van der Waals surface area contributed by atoms with E-state index < -0.39 is 0 Å². The number of hydrogen-bond acceptors (Lipinski definition) is 3. The Hall–Kier alpha value is -2.88. The Labute approximate surface area is 141 Å². The molecule has 0 saturated heterocycles. The summed E-state index contributed by atoms with van der Waals surface area (Å²) in [6.07, 6.45) is 0. The second-order valence-electron chi connectivity index (χ2n) is 5.62. The van der Waals surface area contributed by atoms with Gasteiger partial charge in [-0.3, -0.25) is 4.79 Å². The van der Waals surface area contributed by atoms with Gasteiger partial charge in [0.2, 0.25) is 0 Å². The van der Waals surface area contributed by atoms with E-state index >= 15 is 0 Å². The van der Waals surface area contributed by atoms with Crippen LogP contribution >= 0.6 is 0 Å². The number of rotatable bonds is 4. The van der Waals surface area contributed by atoms with Gasteiger partial charge in [0.25, 0.3) is 5.91 Å². The number of benzene rings is 2. The molecule has 0 aliphatic rings. The first-order chi connectivity index (χ1) is 11.6. The topological polar surface area (TPSA) is 42.4 Å². The van der Waals surface area contributed by atoms with Crippen molar-refractivity contribution in [3.63, 3.8) is 0 Å². The van der Waals surface area contributed by atoms with Gasteiger partial charge < -0.3 is 9.64 Å². The van der Waals surface area contributed by atoms with E-state index in [1.165, 1.54) is 0 Å². The van der Waals surface area contributed by atoms with Gasteiger partial charge in [0.15, 0.2) is 0 Å². The minimum absolute atomic E-state index is 0.00543. The number of aromatic nitrogens is 1. The van der Waals surface area contributed by atoms with Gasteiger partial charge in [0.05, 0.1) is 23.9 Å². The molecule has 0 saturated carbocycles. The van der Waals surface area contributed by atoms with E-state index in [1.54, 1.807) is 12.0 Å². The number of para-hydroxylation sites is 1. The Morgan fingerprint density at radius 2 is 1.83 bits per heavy atom. The van der Waals surface area contributed by atoms with E-state index in [1.807, 2.05) is 68.6 Å². The highest BCUT2D eigenvalue weighted by molar-refractivity contribution is 6.07. The van der Waals surface area contributed by atoms with E-state index in [9.17, 15) is 4.79 Å². The third-order valence-electron chi connectivity index (χ3n) is 4.15. The molecule has 24 heavy (non-hydrogen) atoms. The molecule has 4 heteroatoms. The highest BCUT2D eigenvalue weighted by Crippen LogP contribution is 2.27. The summed E-state index contributed by atoms with van der Waals surface area (Å²) in [6.45, 7) is 2.62.